The van der Waals surface area contributed by atoms with Crippen molar-refractivity contribution >= 4 is 33.3 Å². The number of aromatic nitrogens is 1. The van der Waals surface area contributed by atoms with E-state index in [9.17, 15) is 13.2 Å². The van der Waals surface area contributed by atoms with Gasteiger partial charge >= 0.3 is 0 Å². The summed E-state index contributed by atoms with van der Waals surface area (Å²) in [5.41, 5.74) is 0.873. The molecule has 158 valence electrons. The highest BCUT2D eigenvalue weighted by atomic mass is 32.2. The molecule has 1 aromatic heterocycles. The van der Waals surface area contributed by atoms with Crippen LogP contribution in [0.4, 0.5) is 11.5 Å². The lowest BCUT2D eigenvalue weighted by molar-refractivity contribution is 0.102. The summed E-state index contributed by atoms with van der Waals surface area (Å²) in [6.07, 6.45) is 5.37. The Morgan fingerprint density at radius 3 is 2.63 bits per heavy atom. The number of carbonyl (C=O) groups is 1. The number of benzene rings is 1. The van der Waals surface area contributed by atoms with Gasteiger partial charge in [-0.2, -0.15) is 8.42 Å². The van der Waals surface area contributed by atoms with Crippen molar-refractivity contribution in [2.24, 2.45) is 4.40 Å². The van der Waals surface area contributed by atoms with E-state index >= 15 is 0 Å². The summed E-state index contributed by atoms with van der Waals surface area (Å²) >= 11 is 0. The van der Waals surface area contributed by atoms with Gasteiger partial charge in [0.05, 0.1) is 10.5 Å². The third kappa shape index (κ3) is 4.30. The number of pyridine rings is 1. The Kier molecular flexibility index (Phi) is 5.72. The molecule has 8 nitrogen and oxygen atoms in total. The van der Waals surface area contributed by atoms with Crippen molar-refractivity contribution < 1.29 is 13.2 Å². The zero-order valence-corrected chi connectivity index (χ0v) is 17.7. The van der Waals surface area contributed by atoms with Crippen LogP contribution in [0.1, 0.15) is 36.0 Å². The minimum atomic E-state index is -3.85. The SMILES string of the molecule is CN1CCCC1=NS(=O)(=O)c1cccc(NC(=O)c2cccnc2N2CCCC2)c1. The molecule has 0 unspecified atom stereocenters. The van der Waals surface area contributed by atoms with Gasteiger partial charge in [-0.25, -0.2) is 4.98 Å². The molecule has 0 saturated carbocycles. The standard InChI is InChI=1S/C21H25N5O3S/c1-25-12-6-10-19(25)24-30(28,29)17-8-4-7-16(15-17)23-21(27)18-9-5-11-22-20(18)26-13-2-3-14-26/h4-5,7-9,11,15H,2-3,6,10,12-14H2,1H3,(H,23,27). The summed E-state index contributed by atoms with van der Waals surface area (Å²) in [7, 11) is -2.01. The van der Waals surface area contributed by atoms with E-state index in [-0.39, 0.29) is 10.8 Å². The molecule has 2 fully saturated rings. The Bertz CT molecular complexity index is 1080. The van der Waals surface area contributed by atoms with Gasteiger partial charge in [0.25, 0.3) is 15.9 Å². The molecule has 2 aliphatic rings. The van der Waals surface area contributed by atoms with E-state index in [4.69, 9.17) is 0 Å². The van der Waals surface area contributed by atoms with Crippen LogP contribution in [-0.4, -0.2) is 56.7 Å². The smallest absolute Gasteiger partial charge is 0.284 e. The van der Waals surface area contributed by atoms with E-state index in [1.54, 1.807) is 30.5 Å². The number of hydrogen-bond acceptors (Lipinski definition) is 5. The van der Waals surface area contributed by atoms with Crippen molar-refractivity contribution in [1.82, 2.24) is 9.88 Å². The van der Waals surface area contributed by atoms with E-state index in [1.807, 2.05) is 11.9 Å². The summed E-state index contributed by atoms with van der Waals surface area (Å²) in [4.78, 5) is 21.3. The fourth-order valence-electron chi connectivity index (χ4n) is 3.79. The van der Waals surface area contributed by atoms with Crippen LogP contribution >= 0.6 is 0 Å². The largest absolute Gasteiger partial charge is 0.362 e. The van der Waals surface area contributed by atoms with Gasteiger partial charge < -0.3 is 15.1 Å². The second-order valence-electron chi connectivity index (χ2n) is 7.56. The van der Waals surface area contributed by atoms with Crippen molar-refractivity contribution in [3.8, 4) is 0 Å². The molecule has 30 heavy (non-hydrogen) atoms. The molecule has 0 atom stereocenters. The van der Waals surface area contributed by atoms with Gasteiger partial charge in [0.1, 0.15) is 11.7 Å². The predicted octanol–water partition coefficient (Wildman–Crippen LogP) is 2.75. The number of amidine groups is 1. The van der Waals surface area contributed by atoms with E-state index in [0.29, 0.717) is 29.3 Å². The van der Waals surface area contributed by atoms with Crippen LogP contribution in [0.3, 0.4) is 0 Å². The van der Waals surface area contributed by atoms with Gasteiger partial charge in [-0.05, 0) is 49.6 Å². The summed E-state index contributed by atoms with van der Waals surface area (Å²) < 4.78 is 29.4. The quantitative estimate of drug-likeness (QED) is 0.788. The highest BCUT2D eigenvalue weighted by molar-refractivity contribution is 7.90. The fourth-order valence-corrected chi connectivity index (χ4v) is 4.93. The highest BCUT2D eigenvalue weighted by Crippen LogP contribution is 2.24. The number of likely N-dealkylation sites (tertiary alicyclic amines) is 1. The molecule has 2 aliphatic heterocycles. The van der Waals surface area contributed by atoms with Gasteiger partial charge in [-0.3, -0.25) is 4.79 Å². The number of sulfonamides is 1. The lowest BCUT2D eigenvalue weighted by Crippen LogP contribution is -2.24. The molecule has 0 bridgehead atoms. The molecule has 0 radical (unpaired) electrons. The summed E-state index contributed by atoms with van der Waals surface area (Å²) in [5.74, 6) is 0.906. The molecule has 1 amide bonds. The third-order valence-corrected chi connectivity index (χ3v) is 6.69. The van der Waals surface area contributed by atoms with Gasteiger partial charge in [0, 0.05) is 45.0 Å². The third-order valence-electron chi connectivity index (χ3n) is 5.39. The van der Waals surface area contributed by atoms with Crippen LogP contribution in [-0.2, 0) is 10.0 Å². The summed E-state index contributed by atoms with van der Waals surface area (Å²) in [6, 6.07) is 9.66. The maximum Gasteiger partial charge on any atom is 0.284 e. The van der Waals surface area contributed by atoms with E-state index in [0.717, 1.165) is 38.9 Å². The van der Waals surface area contributed by atoms with Crippen LogP contribution in [0.25, 0.3) is 0 Å². The van der Waals surface area contributed by atoms with Crippen molar-refractivity contribution in [1.29, 1.82) is 0 Å². The molecule has 4 rings (SSSR count). The Labute approximate surface area is 176 Å². The number of hydrogen-bond donors (Lipinski definition) is 1. The maximum atomic E-state index is 12.9. The first-order valence-electron chi connectivity index (χ1n) is 10.1. The van der Waals surface area contributed by atoms with Gasteiger partial charge in [-0.15, -0.1) is 4.40 Å². The van der Waals surface area contributed by atoms with Crippen LogP contribution < -0.4 is 10.2 Å². The second-order valence-corrected chi connectivity index (χ2v) is 9.16. The predicted molar refractivity (Wildman–Crippen MR) is 117 cm³/mol. The number of nitrogens with one attached hydrogen (secondary N) is 1. The minimum absolute atomic E-state index is 0.0547. The van der Waals surface area contributed by atoms with Crippen molar-refractivity contribution in [3.05, 3.63) is 48.2 Å². The monoisotopic (exact) mass is 427 g/mol. The number of carbonyl (C=O) groups excluding carboxylic acids is 1. The molecule has 0 spiro atoms. The molecule has 2 saturated heterocycles. The van der Waals surface area contributed by atoms with Crippen LogP contribution in [0.5, 0.6) is 0 Å². The lowest BCUT2D eigenvalue weighted by atomic mass is 10.2. The molecular formula is C21H25N5O3S. The Hall–Kier alpha value is -2.94. The molecule has 2 aromatic rings. The molecule has 9 heteroatoms. The first kappa shape index (κ1) is 20.3. The highest BCUT2D eigenvalue weighted by Gasteiger charge is 2.22. The molecule has 1 aromatic carbocycles. The summed E-state index contributed by atoms with van der Waals surface area (Å²) in [6.45, 7) is 2.55. The normalized spacial score (nSPS) is 18.2. The summed E-state index contributed by atoms with van der Waals surface area (Å²) in [5, 5.41) is 2.81. The lowest BCUT2D eigenvalue weighted by Gasteiger charge is -2.19. The molecule has 3 heterocycles. The first-order valence-corrected chi connectivity index (χ1v) is 11.5. The number of rotatable bonds is 5. The number of anilines is 2. The molecule has 1 N–H and O–H groups in total. The Balaban J connectivity index is 1.56. The first-order chi connectivity index (χ1) is 14.4. The van der Waals surface area contributed by atoms with Crippen molar-refractivity contribution in [2.75, 3.05) is 36.9 Å². The Morgan fingerprint density at radius 1 is 1.10 bits per heavy atom. The zero-order valence-electron chi connectivity index (χ0n) is 16.9. The number of nitrogens with zero attached hydrogens (tertiary/aromatic N) is 4. The van der Waals surface area contributed by atoms with Gasteiger partial charge in [0.15, 0.2) is 0 Å². The van der Waals surface area contributed by atoms with Crippen LogP contribution in [0.15, 0.2) is 51.9 Å². The average Bonchev–Trinajstić information content (AvgIpc) is 3.40. The van der Waals surface area contributed by atoms with E-state index in [2.05, 4.69) is 19.6 Å². The minimum Gasteiger partial charge on any atom is -0.362 e. The van der Waals surface area contributed by atoms with Crippen LogP contribution in [0, 0.1) is 0 Å². The maximum absolute atomic E-state index is 12.9. The van der Waals surface area contributed by atoms with Crippen LogP contribution in [0.2, 0.25) is 0 Å². The van der Waals surface area contributed by atoms with Crippen molar-refractivity contribution in [2.45, 2.75) is 30.6 Å². The fraction of sp³-hybridized carbons (Fsp3) is 0.381. The van der Waals surface area contributed by atoms with Gasteiger partial charge in [0.2, 0.25) is 0 Å². The second kappa shape index (κ2) is 8.43. The topological polar surface area (TPSA) is 95.0 Å². The van der Waals surface area contributed by atoms with Crippen molar-refractivity contribution in [3.63, 3.8) is 0 Å². The average molecular weight is 428 g/mol. The van der Waals surface area contributed by atoms with E-state index in [1.165, 1.54) is 12.1 Å². The van der Waals surface area contributed by atoms with Gasteiger partial charge in [-0.1, -0.05) is 6.07 Å². The molecular weight excluding hydrogens is 402 g/mol. The molecule has 0 aliphatic carbocycles. The number of amides is 1. The Morgan fingerprint density at radius 2 is 1.90 bits per heavy atom. The van der Waals surface area contributed by atoms with E-state index < -0.39 is 10.0 Å². The zero-order chi connectivity index (χ0) is 21.1.